The van der Waals surface area contributed by atoms with Crippen molar-refractivity contribution >= 4 is 34.2 Å². The Morgan fingerprint density at radius 1 is 1.26 bits per heavy atom. The molecule has 0 saturated carbocycles. The predicted octanol–water partition coefficient (Wildman–Crippen LogP) is 4.00. The van der Waals surface area contributed by atoms with Gasteiger partial charge in [-0.05, 0) is 70.8 Å². The van der Waals surface area contributed by atoms with Crippen LogP contribution in [0.15, 0.2) is 42.5 Å². The Kier molecular flexibility index (Phi) is 5.21. The van der Waals surface area contributed by atoms with Gasteiger partial charge in [-0.1, -0.05) is 35.9 Å². The molecule has 0 amide bonds. The van der Waals surface area contributed by atoms with E-state index in [1.54, 1.807) is 0 Å². The summed E-state index contributed by atoms with van der Waals surface area (Å²) in [5.41, 5.74) is 6.32. The first-order valence-electron chi connectivity index (χ1n) is 6.07. The number of hydrazine groups is 1. The summed E-state index contributed by atoms with van der Waals surface area (Å²) < 4.78 is 1.20. The number of nitrogens with one attached hydrogen (secondary N) is 1. The van der Waals surface area contributed by atoms with Crippen LogP contribution in [-0.2, 0) is 6.42 Å². The van der Waals surface area contributed by atoms with Gasteiger partial charge in [0.2, 0.25) is 0 Å². The smallest absolute Gasteiger partial charge is 0.0501 e. The Morgan fingerprint density at radius 2 is 2.05 bits per heavy atom. The Hall–Kier alpha value is -0.620. The van der Waals surface area contributed by atoms with Gasteiger partial charge in [-0.15, -0.1) is 0 Å². The molecule has 2 aromatic carbocycles. The molecule has 2 rings (SSSR count). The van der Waals surface area contributed by atoms with Crippen molar-refractivity contribution in [2.45, 2.75) is 19.4 Å². The van der Waals surface area contributed by atoms with E-state index in [9.17, 15) is 0 Å². The van der Waals surface area contributed by atoms with Gasteiger partial charge < -0.3 is 0 Å². The largest absolute Gasteiger partial charge is 0.271 e. The van der Waals surface area contributed by atoms with Crippen molar-refractivity contribution in [1.29, 1.82) is 0 Å². The van der Waals surface area contributed by atoms with E-state index in [-0.39, 0.29) is 6.04 Å². The zero-order valence-electron chi connectivity index (χ0n) is 10.7. The van der Waals surface area contributed by atoms with Gasteiger partial charge in [0.25, 0.3) is 0 Å². The highest BCUT2D eigenvalue weighted by Gasteiger charge is 2.12. The van der Waals surface area contributed by atoms with E-state index in [2.05, 4.69) is 58.3 Å². The number of hydrogen-bond acceptors (Lipinski definition) is 2. The molecule has 0 radical (unpaired) electrons. The maximum absolute atomic E-state index is 6.28. The Morgan fingerprint density at radius 3 is 2.68 bits per heavy atom. The quantitative estimate of drug-likeness (QED) is 0.473. The third-order valence-corrected chi connectivity index (χ3v) is 4.11. The highest BCUT2D eigenvalue weighted by atomic mass is 127. The van der Waals surface area contributed by atoms with E-state index < -0.39 is 0 Å². The number of rotatable bonds is 4. The fourth-order valence-electron chi connectivity index (χ4n) is 2.03. The molecule has 0 aliphatic rings. The van der Waals surface area contributed by atoms with Crippen molar-refractivity contribution in [1.82, 2.24) is 5.43 Å². The second-order valence-electron chi connectivity index (χ2n) is 4.57. The van der Waals surface area contributed by atoms with Gasteiger partial charge in [-0.2, -0.15) is 0 Å². The van der Waals surface area contributed by atoms with Crippen LogP contribution < -0.4 is 11.3 Å². The van der Waals surface area contributed by atoms with Crippen LogP contribution in [0.25, 0.3) is 0 Å². The normalized spacial score (nSPS) is 12.4. The minimum Gasteiger partial charge on any atom is -0.271 e. The molecule has 100 valence electrons. The summed E-state index contributed by atoms with van der Waals surface area (Å²) in [6.45, 7) is 2.04. The summed E-state index contributed by atoms with van der Waals surface area (Å²) in [7, 11) is 0. The van der Waals surface area contributed by atoms with Crippen LogP contribution in [0.5, 0.6) is 0 Å². The lowest BCUT2D eigenvalue weighted by molar-refractivity contribution is 0.552. The van der Waals surface area contributed by atoms with Crippen LogP contribution in [0.4, 0.5) is 0 Å². The van der Waals surface area contributed by atoms with Crippen molar-refractivity contribution in [3.63, 3.8) is 0 Å². The molecule has 2 nitrogen and oxygen atoms in total. The molecule has 0 aliphatic carbocycles. The van der Waals surface area contributed by atoms with Crippen molar-refractivity contribution in [3.05, 3.63) is 67.7 Å². The molecule has 1 unspecified atom stereocenters. The zero-order chi connectivity index (χ0) is 13.8. The highest BCUT2D eigenvalue weighted by molar-refractivity contribution is 14.1. The lowest BCUT2D eigenvalue weighted by atomic mass is 9.99. The van der Waals surface area contributed by atoms with Gasteiger partial charge in [-0.25, -0.2) is 0 Å². The Balaban J connectivity index is 2.24. The molecule has 0 fully saturated rings. The van der Waals surface area contributed by atoms with Gasteiger partial charge in [0.1, 0.15) is 0 Å². The minimum atomic E-state index is 0.0647. The molecule has 0 aliphatic heterocycles. The lowest BCUT2D eigenvalue weighted by Crippen LogP contribution is -2.29. The van der Waals surface area contributed by atoms with Crippen molar-refractivity contribution in [2.75, 3.05) is 0 Å². The van der Waals surface area contributed by atoms with Crippen LogP contribution in [-0.4, -0.2) is 0 Å². The van der Waals surface area contributed by atoms with Crippen LogP contribution in [0.2, 0.25) is 5.02 Å². The standard InChI is InChI=1S/C15H16ClIN2/c1-10-5-6-11(14(16)7-10)9-15(19-18)12-3-2-4-13(17)8-12/h2-8,15,19H,9,18H2,1H3. The fourth-order valence-corrected chi connectivity index (χ4v) is 2.91. The average Bonchev–Trinajstić information content (AvgIpc) is 2.38. The van der Waals surface area contributed by atoms with Gasteiger partial charge in [0, 0.05) is 8.59 Å². The van der Waals surface area contributed by atoms with Crippen molar-refractivity contribution in [2.24, 2.45) is 5.84 Å². The first-order chi connectivity index (χ1) is 9.10. The number of aryl methyl sites for hydroxylation is 1. The van der Waals surface area contributed by atoms with E-state index in [0.29, 0.717) is 0 Å². The van der Waals surface area contributed by atoms with Crippen LogP contribution in [0.3, 0.4) is 0 Å². The molecule has 2 aromatic rings. The van der Waals surface area contributed by atoms with Gasteiger partial charge in [0.15, 0.2) is 0 Å². The third-order valence-electron chi connectivity index (χ3n) is 3.08. The van der Waals surface area contributed by atoms with Gasteiger partial charge in [-0.3, -0.25) is 11.3 Å². The molecular formula is C15H16ClIN2. The predicted molar refractivity (Wildman–Crippen MR) is 89.1 cm³/mol. The molecule has 19 heavy (non-hydrogen) atoms. The van der Waals surface area contributed by atoms with E-state index in [4.69, 9.17) is 17.4 Å². The molecule has 0 bridgehead atoms. The second-order valence-corrected chi connectivity index (χ2v) is 6.23. The van der Waals surface area contributed by atoms with E-state index in [1.165, 1.54) is 14.7 Å². The second kappa shape index (κ2) is 6.70. The van der Waals surface area contributed by atoms with E-state index >= 15 is 0 Å². The summed E-state index contributed by atoms with van der Waals surface area (Å²) in [4.78, 5) is 0. The van der Waals surface area contributed by atoms with Crippen LogP contribution in [0.1, 0.15) is 22.7 Å². The van der Waals surface area contributed by atoms with Crippen LogP contribution in [0, 0.1) is 10.5 Å². The number of nitrogens with two attached hydrogens (primary N) is 1. The number of halogens is 2. The lowest BCUT2D eigenvalue weighted by Gasteiger charge is -2.17. The highest BCUT2D eigenvalue weighted by Crippen LogP contribution is 2.25. The van der Waals surface area contributed by atoms with E-state index in [1.807, 2.05) is 19.1 Å². The van der Waals surface area contributed by atoms with Crippen molar-refractivity contribution in [3.8, 4) is 0 Å². The topological polar surface area (TPSA) is 38.0 Å². The fraction of sp³-hybridized carbons (Fsp3) is 0.200. The minimum absolute atomic E-state index is 0.0647. The molecule has 0 heterocycles. The molecular weight excluding hydrogens is 371 g/mol. The molecule has 0 spiro atoms. The first-order valence-corrected chi connectivity index (χ1v) is 7.52. The Bertz CT molecular complexity index is 572. The van der Waals surface area contributed by atoms with Crippen molar-refractivity contribution < 1.29 is 0 Å². The van der Waals surface area contributed by atoms with Gasteiger partial charge >= 0.3 is 0 Å². The zero-order valence-corrected chi connectivity index (χ0v) is 13.6. The SMILES string of the molecule is Cc1ccc(CC(NN)c2cccc(I)c2)c(Cl)c1. The monoisotopic (exact) mass is 386 g/mol. The summed E-state index contributed by atoms with van der Waals surface area (Å²) in [6, 6.07) is 14.5. The third kappa shape index (κ3) is 3.92. The first kappa shape index (κ1) is 14.8. The maximum atomic E-state index is 6.28. The number of hydrogen-bond donors (Lipinski definition) is 2. The summed E-state index contributed by atoms with van der Waals surface area (Å²) in [5, 5.41) is 0.797. The molecule has 0 saturated heterocycles. The molecule has 4 heteroatoms. The summed E-state index contributed by atoms with van der Waals surface area (Å²) in [5.74, 6) is 5.69. The number of benzene rings is 2. The Labute approximate surface area is 132 Å². The summed E-state index contributed by atoms with van der Waals surface area (Å²) in [6.07, 6.45) is 0.774. The molecule has 0 aromatic heterocycles. The summed E-state index contributed by atoms with van der Waals surface area (Å²) >= 11 is 8.58. The maximum Gasteiger partial charge on any atom is 0.0501 e. The average molecular weight is 387 g/mol. The van der Waals surface area contributed by atoms with Crippen LogP contribution >= 0.6 is 34.2 Å². The van der Waals surface area contributed by atoms with E-state index in [0.717, 1.165) is 17.0 Å². The molecule has 3 N–H and O–H groups in total. The molecule has 1 atom stereocenters. The van der Waals surface area contributed by atoms with Gasteiger partial charge in [0.05, 0.1) is 6.04 Å².